The molecule has 0 radical (unpaired) electrons. The van der Waals surface area contributed by atoms with E-state index in [9.17, 15) is 9.90 Å². The van der Waals surface area contributed by atoms with E-state index in [2.05, 4.69) is 11.7 Å². The molecular weight excluding hydrogens is 252 g/mol. The summed E-state index contributed by atoms with van der Waals surface area (Å²) < 4.78 is 4.60. The number of hydrogen-bond donors (Lipinski definition) is 1. The first-order chi connectivity index (χ1) is 9.70. The number of rotatable bonds is 14. The lowest BCUT2D eigenvalue weighted by atomic mass is 10.0. The van der Waals surface area contributed by atoms with Gasteiger partial charge in [0.1, 0.15) is 0 Å². The molecule has 0 fully saturated rings. The quantitative estimate of drug-likeness (QED) is 0.374. The van der Waals surface area contributed by atoms with E-state index >= 15 is 0 Å². The third kappa shape index (κ3) is 13.9. The molecule has 1 unspecified atom stereocenters. The highest BCUT2D eigenvalue weighted by atomic mass is 16.5. The monoisotopic (exact) mass is 286 g/mol. The second kappa shape index (κ2) is 14.8. The lowest BCUT2D eigenvalue weighted by Crippen LogP contribution is -2.05. The zero-order valence-electron chi connectivity index (χ0n) is 13.5. The standard InChI is InChI=1S/C17H34O3/c1-3-4-5-10-13-16(18)14-11-8-6-7-9-12-15-17(19)20-2/h16,18H,3-15H2,1-2H3. The summed E-state index contributed by atoms with van der Waals surface area (Å²) in [5, 5.41) is 9.83. The molecule has 0 spiro atoms. The molecule has 0 aliphatic rings. The van der Waals surface area contributed by atoms with Crippen LogP contribution in [0.25, 0.3) is 0 Å². The maximum Gasteiger partial charge on any atom is 0.305 e. The Balaban J connectivity index is 3.17. The predicted molar refractivity (Wildman–Crippen MR) is 83.7 cm³/mol. The minimum absolute atomic E-state index is 0.0915. The summed E-state index contributed by atoms with van der Waals surface area (Å²) in [6.45, 7) is 2.21. The predicted octanol–water partition coefficient (Wildman–Crippen LogP) is 4.61. The van der Waals surface area contributed by atoms with Crippen LogP contribution in [-0.2, 0) is 9.53 Å². The molecule has 120 valence electrons. The van der Waals surface area contributed by atoms with E-state index in [-0.39, 0.29) is 12.1 Å². The number of aliphatic hydroxyl groups excluding tert-OH is 1. The summed E-state index contributed by atoms with van der Waals surface area (Å²) in [6.07, 6.45) is 14.1. The number of carbonyl (C=O) groups excluding carboxylic acids is 1. The average Bonchev–Trinajstić information content (AvgIpc) is 2.46. The van der Waals surface area contributed by atoms with Crippen molar-refractivity contribution in [3.63, 3.8) is 0 Å². The molecule has 0 bridgehead atoms. The van der Waals surface area contributed by atoms with Crippen molar-refractivity contribution in [2.75, 3.05) is 7.11 Å². The third-order valence-electron chi connectivity index (χ3n) is 3.79. The Hall–Kier alpha value is -0.570. The molecular formula is C17H34O3. The van der Waals surface area contributed by atoms with Crippen LogP contribution in [0.15, 0.2) is 0 Å². The largest absolute Gasteiger partial charge is 0.469 e. The van der Waals surface area contributed by atoms with Gasteiger partial charge in [-0.3, -0.25) is 4.79 Å². The van der Waals surface area contributed by atoms with Crippen molar-refractivity contribution in [1.82, 2.24) is 0 Å². The second-order valence-corrected chi connectivity index (χ2v) is 5.74. The van der Waals surface area contributed by atoms with Gasteiger partial charge in [0.15, 0.2) is 0 Å². The SMILES string of the molecule is CCCCCCC(O)CCCCCCCCC(=O)OC. The molecule has 0 saturated heterocycles. The Morgan fingerprint density at radius 3 is 1.95 bits per heavy atom. The molecule has 0 saturated carbocycles. The fourth-order valence-corrected chi connectivity index (χ4v) is 2.41. The molecule has 3 nitrogen and oxygen atoms in total. The minimum atomic E-state index is -0.101. The van der Waals surface area contributed by atoms with Crippen LogP contribution in [0.3, 0.4) is 0 Å². The van der Waals surface area contributed by atoms with Gasteiger partial charge >= 0.3 is 5.97 Å². The van der Waals surface area contributed by atoms with Gasteiger partial charge in [-0.25, -0.2) is 0 Å². The molecule has 1 atom stereocenters. The van der Waals surface area contributed by atoms with Crippen molar-refractivity contribution in [3.8, 4) is 0 Å². The number of esters is 1. The molecule has 1 N–H and O–H groups in total. The summed E-state index contributed by atoms with van der Waals surface area (Å²) in [7, 11) is 1.44. The van der Waals surface area contributed by atoms with E-state index in [0.29, 0.717) is 6.42 Å². The van der Waals surface area contributed by atoms with Gasteiger partial charge in [0, 0.05) is 6.42 Å². The third-order valence-corrected chi connectivity index (χ3v) is 3.79. The van der Waals surface area contributed by atoms with Gasteiger partial charge in [0.25, 0.3) is 0 Å². The van der Waals surface area contributed by atoms with Crippen molar-refractivity contribution in [3.05, 3.63) is 0 Å². The Kier molecular flexibility index (Phi) is 14.4. The van der Waals surface area contributed by atoms with Crippen LogP contribution < -0.4 is 0 Å². The molecule has 0 rings (SSSR count). The molecule has 0 aromatic rings. The van der Waals surface area contributed by atoms with Crippen molar-refractivity contribution in [2.24, 2.45) is 0 Å². The summed E-state index contributed by atoms with van der Waals surface area (Å²) in [6, 6.07) is 0. The van der Waals surface area contributed by atoms with Crippen molar-refractivity contribution in [1.29, 1.82) is 0 Å². The maximum absolute atomic E-state index is 10.9. The highest BCUT2D eigenvalue weighted by molar-refractivity contribution is 5.68. The van der Waals surface area contributed by atoms with Crippen LogP contribution in [0.5, 0.6) is 0 Å². The van der Waals surface area contributed by atoms with E-state index < -0.39 is 0 Å². The molecule has 3 heteroatoms. The number of aliphatic hydroxyl groups is 1. The molecule has 0 heterocycles. The normalized spacial score (nSPS) is 12.3. The number of ether oxygens (including phenoxy) is 1. The first kappa shape index (κ1) is 19.4. The first-order valence-corrected chi connectivity index (χ1v) is 8.45. The minimum Gasteiger partial charge on any atom is -0.469 e. The first-order valence-electron chi connectivity index (χ1n) is 8.45. The van der Waals surface area contributed by atoms with Crippen LogP contribution in [0.4, 0.5) is 0 Å². The number of methoxy groups -OCH3 is 1. The number of hydrogen-bond acceptors (Lipinski definition) is 3. The van der Waals surface area contributed by atoms with E-state index in [0.717, 1.165) is 32.1 Å². The Labute approximate surface area is 125 Å². The molecule has 0 aliphatic heterocycles. The maximum atomic E-state index is 10.9. The lowest BCUT2D eigenvalue weighted by molar-refractivity contribution is -0.140. The highest BCUT2D eigenvalue weighted by Gasteiger charge is 2.03. The van der Waals surface area contributed by atoms with Crippen molar-refractivity contribution < 1.29 is 14.6 Å². The van der Waals surface area contributed by atoms with Crippen molar-refractivity contribution in [2.45, 2.75) is 96.5 Å². The zero-order valence-corrected chi connectivity index (χ0v) is 13.5. The average molecular weight is 286 g/mol. The fraction of sp³-hybridized carbons (Fsp3) is 0.941. The van der Waals surface area contributed by atoms with Gasteiger partial charge in [-0.2, -0.15) is 0 Å². The van der Waals surface area contributed by atoms with Crippen LogP contribution in [-0.4, -0.2) is 24.3 Å². The molecule has 0 aromatic carbocycles. The van der Waals surface area contributed by atoms with Gasteiger partial charge in [0.2, 0.25) is 0 Å². The summed E-state index contributed by atoms with van der Waals surface area (Å²) >= 11 is 0. The summed E-state index contributed by atoms with van der Waals surface area (Å²) in [4.78, 5) is 10.9. The molecule has 20 heavy (non-hydrogen) atoms. The molecule has 0 amide bonds. The van der Waals surface area contributed by atoms with Gasteiger partial charge < -0.3 is 9.84 Å². The summed E-state index contributed by atoms with van der Waals surface area (Å²) in [5.41, 5.74) is 0. The van der Waals surface area contributed by atoms with Crippen LogP contribution in [0.1, 0.15) is 90.4 Å². The van der Waals surface area contributed by atoms with Gasteiger partial charge in [-0.15, -0.1) is 0 Å². The van der Waals surface area contributed by atoms with Crippen LogP contribution in [0, 0.1) is 0 Å². The smallest absolute Gasteiger partial charge is 0.305 e. The lowest BCUT2D eigenvalue weighted by Gasteiger charge is -2.10. The van der Waals surface area contributed by atoms with E-state index in [1.165, 1.54) is 52.1 Å². The van der Waals surface area contributed by atoms with E-state index in [4.69, 9.17) is 0 Å². The zero-order chi connectivity index (χ0) is 15.1. The van der Waals surface area contributed by atoms with Crippen LogP contribution in [0.2, 0.25) is 0 Å². The van der Waals surface area contributed by atoms with Gasteiger partial charge in [-0.05, 0) is 19.3 Å². The highest BCUT2D eigenvalue weighted by Crippen LogP contribution is 2.13. The van der Waals surface area contributed by atoms with Crippen molar-refractivity contribution >= 4 is 5.97 Å². The summed E-state index contributed by atoms with van der Waals surface area (Å²) in [5.74, 6) is -0.101. The second-order valence-electron chi connectivity index (χ2n) is 5.74. The van der Waals surface area contributed by atoms with Gasteiger partial charge in [0.05, 0.1) is 13.2 Å². The van der Waals surface area contributed by atoms with E-state index in [1.807, 2.05) is 0 Å². The number of carbonyl (C=O) groups is 1. The molecule has 0 aliphatic carbocycles. The van der Waals surface area contributed by atoms with Crippen LogP contribution >= 0.6 is 0 Å². The Bertz CT molecular complexity index is 216. The van der Waals surface area contributed by atoms with E-state index in [1.54, 1.807) is 0 Å². The Morgan fingerprint density at radius 1 is 0.900 bits per heavy atom. The van der Waals surface area contributed by atoms with Gasteiger partial charge in [-0.1, -0.05) is 64.7 Å². The number of unbranched alkanes of at least 4 members (excludes halogenated alkanes) is 8. The fourth-order valence-electron chi connectivity index (χ4n) is 2.41. The molecule has 0 aromatic heterocycles. The topological polar surface area (TPSA) is 46.5 Å². The Morgan fingerprint density at radius 2 is 1.40 bits per heavy atom.